The fourth-order valence-electron chi connectivity index (χ4n) is 6.31. The first-order valence-corrected chi connectivity index (χ1v) is 17.5. The van der Waals surface area contributed by atoms with Crippen LogP contribution in [0.2, 0.25) is 0 Å². The summed E-state index contributed by atoms with van der Waals surface area (Å²) in [6.07, 6.45) is 1.87. The highest BCUT2D eigenvalue weighted by molar-refractivity contribution is 7.89. The molecule has 11 heteroatoms. The maximum Gasteiger partial charge on any atom is 0.307 e. The summed E-state index contributed by atoms with van der Waals surface area (Å²) in [4.78, 5) is 56.1. The first-order chi connectivity index (χ1) is 21.2. The average Bonchev–Trinajstić information content (AvgIpc) is 3.48. The van der Waals surface area contributed by atoms with Gasteiger partial charge in [0.05, 0.1) is 36.6 Å². The van der Waals surface area contributed by atoms with E-state index in [4.69, 9.17) is 9.47 Å². The summed E-state index contributed by atoms with van der Waals surface area (Å²) in [6, 6.07) is 12.5. The number of carbonyl (C=O) groups excluding carboxylic acids is 4. The Morgan fingerprint density at radius 1 is 1.07 bits per heavy atom. The lowest BCUT2D eigenvalue weighted by molar-refractivity contribution is -0.161. The molecule has 2 amide bonds. The number of hydrogen-bond acceptors (Lipinski definition) is 8. The van der Waals surface area contributed by atoms with Gasteiger partial charge < -0.3 is 14.4 Å². The van der Waals surface area contributed by atoms with E-state index in [0.717, 1.165) is 17.0 Å². The van der Waals surface area contributed by atoms with Crippen molar-refractivity contribution < 1.29 is 37.1 Å². The maximum atomic E-state index is 14.4. The van der Waals surface area contributed by atoms with Gasteiger partial charge >= 0.3 is 5.97 Å². The van der Waals surface area contributed by atoms with E-state index >= 15 is 0 Å². The molecule has 1 saturated heterocycles. The smallest absolute Gasteiger partial charge is 0.307 e. The van der Waals surface area contributed by atoms with Crippen LogP contribution in [0.1, 0.15) is 67.2 Å². The lowest BCUT2D eigenvalue weighted by atomic mass is 9.77. The molecule has 0 bridgehead atoms. The predicted octanol–water partition coefficient (Wildman–Crippen LogP) is 4.81. The molecule has 1 aliphatic heterocycles. The molecule has 0 aromatic heterocycles. The highest BCUT2D eigenvalue weighted by atomic mass is 32.2. The predicted molar refractivity (Wildman–Crippen MR) is 175 cm³/mol. The molecule has 2 fully saturated rings. The van der Waals surface area contributed by atoms with Crippen LogP contribution < -0.4 is 9.46 Å². The number of Topliss-reactive ketones (excluding diaryl/α,β-unsaturated/α-hetero) is 1. The number of sulfonamides is 1. The Bertz CT molecular complexity index is 1630. The Labute approximate surface area is 271 Å². The minimum atomic E-state index is -3.86. The Balaban J connectivity index is 1.66. The summed E-state index contributed by atoms with van der Waals surface area (Å²) >= 11 is 0. The molecule has 2 aromatic rings. The standard InChI is InChI=1S/C35H46N2O8S/c1-9-23-19-35(23,32(41)36-46(8,42)43)20-28(38)27-17-24(44-29-16-12-14-22-13-10-11-15-25(22)29)21-37(27)31(40)26(33(2,3)4)18-30(39)45-34(5,6)7/h9-16,23-24,26-27H,1,17-21H2,2-8H3,(H,36,41)/t23-,24+,26+,27-,35-/m0/s1. The number of fused-ring (bicyclic) bond motifs is 1. The van der Waals surface area contributed by atoms with Crippen molar-refractivity contribution in [2.24, 2.45) is 22.7 Å². The van der Waals surface area contributed by atoms with Crippen LogP contribution in [0.4, 0.5) is 0 Å². The maximum absolute atomic E-state index is 14.4. The summed E-state index contributed by atoms with van der Waals surface area (Å²) in [5.74, 6) is -2.62. The molecule has 10 nitrogen and oxygen atoms in total. The molecule has 0 unspecified atom stereocenters. The Hall–Kier alpha value is -3.73. The molecule has 0 radical (unpaired) electrons. The lowest BCUT2D eigenvalue weighted by Gasteiger charge is -2.35. The number of benzene rings is 2. The number of hydrogen-bond donors (Lipinski definition) is 1. The number of likely N-dealkylation sites (tertiary alicyclic amines) is 1. The zero-order valence-electron chi connectivity index (χ0n) is 27.8. The van der Waals surface area contributed by atoms with E-state index in [-0.39, 0.29) is 49.8 Å². The number of nitrogens with one attached hydrogen (secondary N) is 1. The lowest BCUT2D eigenvalue weighted by Crippen LogP contribution is -2.48. The van der Waals surface area contributed by atoms with Crippen molar-refractivity contribution in [3.63, 3.8) is 0 Å². The second-order valence-corrected chi connectivity index (χ2v) is 16.5. The van der Waals surface area contributed by atoms with Crippen molar-refractivity contribution in [2.45, 2.75) is 85.0 Å². The zero-order valence-corrected chi connectivity index (χ0v) is 28.6. The summed E-state index contributed by atoms with van der Waals surface area (Å²) in [7, 11) is -3.86. The number of ether oxygens (including phenoxy) is 2. The van der Waals surface area contributed by atoms with Crippen molar-refractivity contribution in [2.75, 3.05) is 12.8 Å². The summed E-state index contributed by atoms with van der Waals surface area (Å²) in [5.41, 5.74) is -2.67. The van der Waals surface area contributed by atoms with E-state index in [1.165, 1.54) is 4.90 Å². The van der Waals surface area contributed by atoms with Gasteiger partial charge in [-0.1, -0.05) is 63.2 Å². The molecular weight excluding hydrogens is 608 g/mol. The molecule has 1 N–H and O–H groups in total. The minimum absolute atomic E-state index is 0.0901. The summed E-state index contributed by atoms with van der Waals surface area (Å²) in [5, 5.41) is 1.87. The molecule has 1 heterocycles. The monoisotopic (exact) mass is 654 g/mol. The van der Waals surface area contributed by atoms with Gasteiger partial charge in [0.1, 0.15) is 17.5 Å². The third-order valence-corrected chi connectivity index (χ3v) is 9.29. The number of nitrogens with zero attached hydrogens (tertiary/aromatic N) is 1. The van der Waals surface area contributed by atoms with Gasteiger partial charge in [0.15, 0.2) is 5.78 Å². The fraction of sp³-hybridized carbons (Fsp3) is 0.543. The van der Waals surface area contributed by atoms with Crippen LogP contribution in [0.15, 0.2) is 55.1 Å². The molecule has 46 heavy (non-hydrogen) atoms. The first kappa shape index (κ1) is 35.1. The Morgan fingerprint density at radius 3 is 2.30 bits per heavy atom. The van der Waals surface area contributed by atoms with Crippen molar-refractivity contribution >= 4 is 44.4 Å². The highest BCUT2D eigenvalue weighted by Crippen LogP contribution is 2.57. The second kappa shape index (κ2) is 12.8. The topological polar surface area (TPSA) is 136 Å². The summed E-state index contributed by atoms with van der Waals surface area (Å²) in [6.45, 7) is 14.7. The first-order valence-electron chi connectivity index (χ1n) is 15.6. The van der Waals surface area contributed by atoms with Crippen molar-refractivity contribution in [1.82, 2.24) is 9.62 Å². The van der Waals surface area contributed by atoms with Gasteiger partial charge in [-0.15, -0.1) is 6.58 Å². The van der Waals surface area contributed by atoms with E-state index in [1.54, 1.807) is 26.8 Å². The van der Waals surface area contributed by atoms with Crippen LogP contribution >= 0.6 is 0 Å². The van der Waals surface area contributed by atoms with Gasteiger partial charge in [0, 0.05) is 18.2 Å². The number of rotatable bonds is 11. The van der Waals surface area contributed by atoms with Crippen LogP contribution in [-0.2, 0) is 33.9 Å². The van der Waals surface area contributed by atoms with Crippen LogP contribution in [0.5, 0.6) is 5.75 Å². The van der Waals surface area contributed by atoms with E-state index in [0.29, 0.717) is 5.75 Å². The third kappa shape index (κ3) is 8.15. The van der Waals surface area contributed by atoms with Gasteiger partial charge in [-0.2, -0.15) is 0 Å². The molecule has 0 spiro atoms. The largest absolute Gasteiger partial charge is 0.488 e. The van der Waals surface area contributed by atoms with E-state index in [9.17, 15) is 27.6 Å². The number of esters is 1. The zero-order chi connectivity index (χ0) is 34.2. The second-order valence-electron chi connectivity index (χ2n) is 14.7. The van der Waals surface area contributed by atoms with Crippen molar-refractivity contribution in [1.29, 1.82) is 0 Å². The number of carbonyl (C=O) groups is 4. The van der Waals surface area contributed by atoms with Crippen LogP contribution in [0.25, 0.3) is 10.8 Å². The molecule has 2 aliphatic rings. The molecule has 5 atom stereocenters. The Morgan fingerprint density at radius 2 is 1.72 bits per heavy atom. The minimum Gasteiger partial charge on any atom is -0.488 e. The highest BCUT2D eigenvalue weighted by Gasteiger charge is 2.61. The third-order valence-electron chi connectivity index (χ3n) is 8.73. The summed E-state index contributed by atoms with van der Waals surface area (Å²) < 4.78 is 37.8. The Kier molecular flexibility index (Phi) is 9.79. The molecule has 1 saturated carbocycles. The number of allylic oxidation sites excluding steroid dienone is 1. The molecule has 250 valence electrons. The molecular formula is C35H46N2O8S. The SMILES string of the molecule is C=C[C@H]1C[C@@]1(CC(=O)[C@@H]1C[C@@H](Oc2cccc3ccccc23)CN1C(=O)[C@@H](CC(=O)OC(C)(C)C)C(C)(C)C)C(=O)NS(C)(=O)=O. The van der Waals surface area contributed by atoms with Crippen molar-refractivity contribution in [3.05, 3.63) is 55.1 Å². The molecule has 4 rings (SSSR count). The van der Waals surface area contributed by atoms with E-state index < -0.39 is 56.4 Å². The van der Waals surface area contributed by atoms with Crippen LogP contribution in [-0.4, -0.2) is 67.4 Å². The average molecular weight is 655 g/mol. The van der Waals surface area contributed by atoms with E-state index in [1.807, 2.05) is 68.0 Å². The van der Waals surface area contributed by atoms with Gasteiger partial charge in [-0.25, -0.2) is 8.42 Å². The van der Waals surface area contributed by atoms with Gasteiger partial charge in [0.25, 0.3) is 0 Å². The fourth-order valence-corrected chi connectivity index (χ4v) is 6.85. The normalized spacial score (nSPS) is 23.8. The van der Waals surface area contributed by atoms with Crippen molar-refractivity contribution in [3.8, 4) is 5.75 Å². The van der Waals surface area contributed by atoms with Gasteiger partial charge in [0.2, 0.25) is 21.8 Å². The quantitative estimate of drug-likeness (QED) is 0.269. The van der Waals surface area contributed by atoms with Crippen LogP contribution in [0, 0.1) is 22.7 Å². The molecule has 1 aliphatic carbocycles. The number of ketones is 1. The van der Waals surface area contributed by atoms with Gasteiger partial charge in [-0.3, -0.25) is 23.9 Å². The molecule has 2 aromatic carbocycles. The number of amides is 2. The van der Waals surface area contributed by atoms with Crippen LogP contribution in [0.3, 0.4) is 0 Å². The van der Waals surface area contributed by atoms with E-state index in [2.05, 4.69) is 6.58 Å². The van der Waals surface area contributed by atoms with Gasteiger partial charge in [-0.05, 0) is 50.0 Å².